The second-order valence-corrected chi connectivity index (χ2v) is 5.29. The zero-order chi connectivity index (χ0) is 17.0. The van der Waals surface area contributed by atoms with E-state index >= 15 is 0 Å². The standard InChI is InChI=1S/C13H21F5N4/c1-9(20-7-10(6-19-2)13(16,17)18)21-8-11-12(14,15)4-5-22(11)3/h6-7,9,11,20-21H,4-5,8H2,1-3H3. The van der Waals surface area contributed by atoms with Gasteiger partial charge in [-0.05, 0) is 14.0 Å². The predicted molar refractivity (Wildman–Crippen MR) is 75.1 cm³/mol. The van der Waals surface area contributed by atoms with Crippen molar-refractivity contribution in [1.82, 2.24) is 15.5 Å². The number of rotatable bonds is 6. The van der Waals surface area contributed by atoms with Gasteiger partial charge in [-0.1, -0.05) is 0 Å². The average Bonchev–Trinajstić information content (AvgIpc) is 2.65. The molecule has 0 aromatic rings. The predicted octanol–water partition coefficient (Wildman–Crippen LogP) is 2.00. The van der Waals surface area contributed by atoms with Crippen LogP contribution >= 0.6 is 0 Å². The van der Waals surface area contributed by atoms with Crippen LogP contribution in [0, 0.1) is 0 Å². The van der Waals surface area contributed by atoms with Crippen molar-refractivity contribution in [2.75, 3.05) is 27.2 Å². The van der Waals surface area contributed by atoms with Crippen LogP contribution in [0.4, 0.5) is 22.0 Å². The molecule has 0 saturated carbocycles. The van der Waals surface area contributed by atoms with Crippen LogP contribution in [0.3, 0.4) is 0 Å². The lowest BCUT2D eigenvalue weighted by Gasteiger charge is -2.26. The van der Waals surface area contributed by atoms with Gasteiger partial charge in [-0.3, -0.25) is 15.2 Å². The van der Waals surface area contributed by atoms with Gasteiger partial charge in [-0.15, -0.1) is 0 Å². The molecule has 22 heavy (non-hydrogen) atoms. The van der Waals surface area contributed by atoms with Crippen LogP contribution in [0.5, 0.6) is 0 Å². The minimum absolute atomic E-state index is 0.0191. The molecular formula is C13H21F5N4. The molecule has 0 spiro atoms. The van der Waals surface area contributed by atoms with Crippen LogP contribution in [0.1, 0.15) is 13.3 Å². The van der Waals surface area contributed by atoms with Crippen molar-refractivity contribution in [2.24, 2.45) is 4.99 Å². The van der Waals surface area contributed by atoms with Crippen LogP contribution in [-0.4, -0.2) is 62.6 Å². The fraction of sp³-hybridized carbons (Fsp3) is 0.769. The summed E-state index contributed by atoms with van der Waals surface area (Å²) in [4.78, 5) is 4.88. The molecule has 4 nitrogen and oxygen atoms in total. The van der Waals surface area contributed by atoms with Gasteiger partial charge < -0.3 is 5.32 Å². The number of aliphatic imine (C=N–C) groups is 1. The first-order valence-corrected chi connectivity index (χ1v) is 6.85. The third-order valence-electron chi connectivity index (χ3n) is 3.52. The number of hydrogen-bond donors (Lipinski definition) is 2. The molecule has 1 rings (SSSR count). The van der Waals surface area contributed by atoms with E-state index in [9.17, 15) is 22.0 Å². The van der Waals surface area contributed by atoms with Gasteiger partial charge in [0, 0.05) is 39.0 Å². The molecule has 2 atom stereocenters. The molecule has 128 valence electrons. The van der Waals surface area contributed by atoms with Gasteiger partial charge in [0.2, 0.25) is 0 Å². The Bertz CT molecular complexity index is 419. The van der Waals surface area contributed by atoms with E-state index in [1.807, 2.05) is 0 Å². The Balaban J connectivity index is 2.54. The van der Waals surface area contributed by atoms with E-state index in [0.717, 1.165) is 6.20 Å². The second-order valence-electron chi connectivity index (χ2n) is 5.29. The molecule has 0 aromatic heterocycles. The second kappa shape index (κ2) is 7.36. The first-order chi connectivity index (χ1) is 10.1. The van der Waals surface area contributed by atoms with E-state index in [0.29, 0.717) is 12.8 Å². The Morgan fingerprint density at radius 1 is 1.45 bits per heavy atom. The summed E-state index contributed by atoms with van der Waals surface area (Å²) in [7, 11) is 2.84. The lowest BCUT2D eigenvalue weighted by molar-refractivity contribution is -0.0860. The summed E-state index contributed by atoms with van der Waals surface area (Å²) < 4.78 is 65.0. The number of nitrogens with zero attached hydrogens (tertiary/aromatic N) is 2. The van der Waals surface area contributed by atoms with Crippen molar-refractivity contribution in [3.05, 3.63) is 11.8 Å². The van der Waals surface area contributed by atoms with Crippen molar-refractivity contribution in [1.29, 1.82) is 0 Å². The average molecular weight is 328 g/mol. The summed E-state index contributed by atoms with van der Waals surface area (Å²) in [6.45, 7) is 1.83. The molecule has 0 aliphatic carbocycles. The molecule has 0 bridgehead atoms. The van der Waals surface area contributed by atoms with E-state index in [-0.39, 0.29) is 13.0 Å². The van der Waals surface area contributed by atoms with Gasteiger partial charge in [-0.25, -0.2) is 8.78 Å². The highest BCUT2D eigenvalue weighted by Gasteiger charge is 2.46. The summed E-state index contributed by atoms with van der Waals surface area (Å²) in [5, 5.41) is 5.26. The van der Waals surface area contributed by atoms with Crippen LogP contribution in [0.2, 0.25) is 0 Å². The third-order valence-corrected chi connectivity index (χ3v) is 3.52. The van der Waals surface area contributed by atoms with E-state index in [1.165, 1.54) is 7.05 Å². The highest BCUT2D eigenvalue weighted by atomic mass is 19.4. The first-order valence-electron chi connectivity index (χ1n) is 6.85. The molecule has 1 aliphatic heterocycles. The summed E-state index contributed by atoms with van der Waals surface area (Å²) in [6.07, 6.45) is -3.85. The zero-order valence-corrected chi connectivity index (χ0v) is 12.7. The number of likely N-dealkylation sites (tertiary alicyclic amines) is 1. The Morgan fingerprint density at radius 3 is 2.55 bits per heavy atom. The van der Waals surface area contributed by atoms with Gasteiger partial charge in [0.1, 0.15) is 0 Å². The van der Waals surface area contributed by atoms with Crippen LogP contribution in [-0.2, 0) is 0 Å². The fourth-order valence-corrected chi connectivity index (χ4v) is 2.17. The van der Waals surface area contributed by atoms with Crippen LogP contribution in [0.15, 0.2) is 16.8 Å². The van der Waals surface area contributed by atoms with E-state index in [1.54, 1.807) is 18.9 Å². The number of likely N-dealkylation sites (N-methyl/N-ethyl adjacent to an activating group) is 1. The Hall–Kier alpha value is -1.22. The van der Waals surface area contributed by atoms with Gasteiger partial charge in [-0.2, -0.15) is 13.2 Å². The summed E-state index contributed by atoms with van der Waals surface area (Å²) >= 11 is 0. The maximum absolute atomic E-state index is 13.6. The van der Waals surface area contributed by atoms with Crippen molar-refractivity contribution in [3.63, 3.8) is 0 Å². The van der Waals surface area contributed by atoms with Crippen molar-refractivity contribution in [3.8, 4) is 0 Å². The summed E-state index contributed by atoms with van der Waals surface area (Å²) in [5.41, 5.74) is -0.938. The molecular weight excluding hydrogens is 307 g/mol. The normalized spacial score (nSPS) is 24.9. The van der Waals surface area contributed by atoms with Gasteiger partial charge in [0.25, 0.3) is 5.92 Å². The monoisotopic (exact) mass is 328 g/mol. The van der Waals surface area contributed by atoms with Crippen LogP contribution < -0.4 is 10.6 Å². The molecule has 2 unspecified atom stereocenters. The Morgan fingerprint density at radius 2 is 2.09 bits per heavy atom. The lowest BCUT2D eigenvalue weighted by atomic mass is 10.1. The van der Waals surface area contributed by atoms with Crippen molar-refractivity contribution in [2.45, 2.75) is 37.7 Å². The minimum atomic E-state index is -4.52. The number of allylic oxidation sites excluding steroid dienone is 1. The molecule has 0 aromatic carbocycles. The maximum Gasteiger partial charge on any atom is 0.419 e. The molecule has 1 heterocycles. The number of alkyl halides is 5. The number of halogens is 5. The van der Waals surface area contributed by atoms with Crippen LogP contribution in [0.25, 0.3) is 0 Å². The quantitative estimate of drug-likeness (QED) is 0.445. The van der Waals surface area contributed by atoms with Crippen molar-refractivity contribution >= 4 is 6.21 Å². The highest BCUT2D eigenvalue weighted by molar-refractivity contribution is 5.79. The lowest BCUT2D eigenvalue weighted by Crippen LogP contribution is -2.49. The molecule has 1 fully saturated rings. The zero-order valence-electron chi connectivity index (χ0n) is 12.7. The molecule has 0 amide bonds. The number of nitrogens with one attached hydrogen (secondary N) is 2. The SMILES string of the molecule is CN=CC(=CNC(C)NCC1N(C)CCC1(F)F)C(F)(F)F. The highest BCUT2D eigenvalue weighted by Crippen LogP contribution is 2.32. The van der Waals surface area contributed by atoms with E-state index in [4.69, 9.17) is 0 Å². The molecule has 0 radical (unpaired) electrons. The van der Waals surface area contributed by atoms with E-state index < -0.39 is 29.9 Å². The minimum Gasteiger partial charge on any atom is -0.375 e. The summed E-state index contributed by atoms with van der Waals surface area (Å²) in [5.74, 6) is -2.79. The van der Waals surface area contributed by atoms with Gasteiger partial charge in [0.15, 0.2) is 0 Å². The molecule has 1 aliphatic rings. The Labute approximate surface area is 126 Å². The van der Waals surface area contributed by atoms with Gasteiger partial charge >= 0.3 is 6.18 Å². The van der Waals surface area contributed by atoms with Crippen molar-refractivity contribution < 1.29 is 22.0 Å². The fourth-order valence-electron chi connectivity index (χ4n) is 2.17. The topological polar surface area (TPSA) is 39.7 Å². The molecule has 9 heteroatoms. The summed E-state index contributed by atoms with van der Waals surface area (Å²) in [6, 6.07) is -0.958. The van der Waals surface area contributed by atoms with E-state index in [2.05, 4.69) is 15.6 Å². The van der Waals surface area contributed by atoms with Gasteiger partial charge in [0.05, 0.1) is 17.8 Å². The smallest absolute Gasteiger partial charge is 0.375 e. The number of hydrogen-bond acceptors (Lipinski definition) is 4. The third kappa shape index (κ3) is 5.20. The maximum atomic E-state index is 13.6. The molecule has 1 saturated heterocycles. The largest absolute Gasteiger partial charge is 0.419 e. The Kier molecular flexibility index (Phi) is 6.30. The first kappa shape index (κ1) is 18.8. The molecule has 2 N–H and O–H groups in total.